The summed E-state index contributed by atoms with van der Waals surface area (Å²) in [6.45, 7) is 13.5. The van der Waals surface area contributed by atoms with Crippen LogP contribution in [0.4, 0.5) is 34.1 Å². The summed E-state index contributed by atoms with van der Waals surface area (Å²) in [7, 11) is 0. The average Bonchev–Trinajstić information content (AvgIpc) is 3.19. The molecule has 2 heteroatoms. The van der Waals surface area contributed by atoms with Gasteiger partial charge >= 0.3 is 0 Å². The lowest BCUT2D eigenvalue weighted by molar-refractivity contribution is 0.590. The van der Waals surface area contributed by atoms with Crippen LogP contribution >= 0.6 is 0 Å². The molecule has 0 aliphatic heterocycles. The van der Waals surface area contributed by atoms with E-state index >= 15 is 0 Å². The minimum Gasteiger partial charge on any atom is -0.311 e. The van der Waals surface area contributed by atoms with Crippen LogP contribution in [-0.4, -0.2) is 0 Å². The summed E-state index contributed by atoms with van der Waals surface area (Å²) in [4.78, 5) is 4.63. The number of rotatable bonds is 9. The van der Waals surface area contributed by atoms with Gasteiger partial charge in [-0.15, -0.1) is 0 Å². The Kier molecular flexibility index (Phi) is 10.4. The Bertz CT molecular complexity index is 2270. The third kappa shape index (κ3) is 8.40. The highest BCUT2D eigenvalue weighted by Gasteiger charge is 2.18. The number of hydrogen-bond donors (Lipinski definition) is 0. The van der Waals surface area contributed by atoms with E-state index in [4.69, 9.17) is 0 Å². The standard InChI is InChI=1S/C52H50N2/c1-51(2,3)43-27-35-49(36-28-43)53(45-13-9-7-10-14-45)47-31-21-40(22-32-47)18-17-39-19-23-41(24-20-39)42-25-33-48(34-26-42)54(46-15-11-8-12-16-46)50-37-29-44(30-38-50)52(4,5)6/h7-38H,1-6H3/b18-17+. The van der Waals surface area contributed by atoms with Crippen molar-refractivity contribution in [2.24, 2.45) is 0 Å². The van der Waals surface area contributed by atoms with Crippen LogP contribution < -0.4 is 9.80 Å². The Balaban J connectivity index is 1.06. The predicted molar refractivity (Wildman–Crippen MR) is 234 cm³/mol. The second kappa shape index (κ2) is 15.5. The first-order chi connectivity index (χ1) is 26.0. The maximum Gasteiger partial charge on any atom is 0.0462 e. The molecule has 0 fully saturated rings. The van der Waals surface area contributed by atoms with Gasteiger partial charge in [0.1, 0.15) is 0 Å². The normalized spacial score (nSPS) is 11.8. The molecule has 0 saturated carbocycles. The average molecular weight is 703 g/mol. The highest BCUT2D eigenvalue weighted by Crippen LogP contribution is 2.38. The van der Waals surface area contributed by atoms with Crippen molar-refractivity contribution in [2.45, 2.75) is 52.4 Å². The second-order valence-corrected chi connectivity index (χ2v) is 16.0. The predicted octanol–water partition coefficient (Wildman–Crippen LogP) is 15.1. The van der Waals surface area contributed by atoms with E-state index in [9.17, 15) is 0 Å². The van der Waals surface area contributed by atoms with Gasteiger partial charge in [-0.1, -0.05) is 163 Å². The number of benzene rings is 7. The van der Waals surface area contributed by atoms with Gasteiger partial charge in [0.25, 0.3) is 0 Å². The second-order valence-electron chi connectivity index (χ2n) is 16.0. The van der Waals surface area contributed by atoms with Crippen LogP contribution in [0.3, 0.4) is 0 Å². The first kappa shape index (κ1) is 36.2. The molecule has 0 aliphatic carbocycles. The third-order valence-electron chi connectivity index (χ3n) is 10.0. The van der Waals surface area contributed by atoms with Crippen molar-refractivity contribution < 1.29 is 0 Å². The summed E-state index contributed by atoms with van der Waals surface area (Å²) in [6.07, 6.45) is 4.37. The quantitative estimate of drug-likeness (QED) is 0.138. The van der Waals surface area contributed by atoms with Crippen molar-refractivity contribution in [1.82, 2.24) is 0 Å². The summed E-state index contributed by atoms with van der Waals surface area (Å²) in [5.74, 6) is 0. The third-order valence-corrected chi connectivity index (χ3v) is 10.0. The van der Waals surface area contributed by atoms with Gasteiger partial charge in [-0.05, 0) is 117 Å². The largest absolute Gasteiger partial charge is 0.311 e. The summed E-state index contributed by atoms with van der Waals surface area (Å²) in [6, 6.07) is 65.6. The van der Waals surface area contributed by atoms with Crippen molar-refractivity contribution in [3.63, 3.8) is 0 Å². The topological polar surface area (TPSA) is 6.48 Å². The van der Waals surface area contributed by atoms with Crippen molar-refractivity contribution in [3.8, 4) is 11.1 Å². The van der Waals surface area contributed by atoms with Crippen LogP contribution in [0.1, 0.15) is 63.8 Å². The number of para-hydroxylation sites is 2. The van der Waals surface area contributed by atoms with E-state index < -0.39 is 0 Å². The molecule has 0 spiro atoms. The molecule has 0 aliphatic rings. The molecular formula is C52H50N2. The molecule has 54 heavy (non-hydrogen) atoms. The van der Waals surface area contributed by atoms with Crippen molar-refractivity contribution in [2.75, 3.05) is 9.80 Å². The van der Waals surface area contributed by atoms with Crippen LogP contribution in [0.15, 0.2) is 182 Å². The number of nitrogens with zero attached hydrogens (tertiary/aromatic N) is 2. The van der Waals surface area contributed by atoms with Gasteiger partial charge in [0, 0.05) is 34.1 Å². The smallest absolute Gasteiger partial charge is 0.0462 e. The minimum atomic E-state index is 0.111. The SMILES string of the molecule is CC(C)(C)c1ccc(N(c2ccccc2)c2ccc(/C=C/c3ccc(-c4ccc(N(c5ccccc5)c5ccc(C(C)(C)C)cc5)cc4)cc3)cc2)cc1. The lowest BCUT2D eigenvalue weighted by atomic mass is 9.87. The zero-order valence-corrected chi connectivity index (χ0v) is 32.4. The molecule has 0 bridgehead atoms. The molecular weight excluding hydrogens is 653 g/mol. The van der Waals surface area contributed by atoms with E-state index in [-0.39, 0.29) is 10.8 Å². The molecule has 7 rings (SSSR count). The van der Waals surface area contributed by atoms with Crippen LogP contribution in [-0.2, 0) is 10.8 Å². The van der Waals surface area contributed by atoms with Gasteiger partial charge in [0.2, 0.25) is 0 Å². The highest BCUT2D eigenvalue weighted by atomic mass is 15.1. The molecule has 7 aromatic rings. The van der Waals surface area contributed by atoms with Crippen molar-refractivity contribution in [3.05, 3.63) is 204 Å². The molecule has 0 heterocycles. The van der Waals surface area contributed by atoms with E-state index in [1.165, 1.54) is 27.8 Å². The molecule has 0 atom stereocenters. The van der Waals surface area contributed by atoms with Gasteiger partial charge in [-0.25, -0.2) is 0 Å². The summed E-state index contributed by atoms with van der Waals surface area (Å²) >= 11 is 0. The molecule has 0 aromatic heterocycles. The molecule has 0 unspecified atom stereocenters. The molecule has 0 amide bonds. The fourth-order valence-electron chi connectivity index (χ4n) is 6.79. The summed E-state index contributed by atoms with van der Waals surface area (Å²) in [5, 5.41) is 0. The van der Waals surface area contributed by atoms with Crippen LogP contribution in [0.5, 0.6) is 0 Å². The fraction of sp³-hybridized carbons (Fsp3) is 0.154. The van der Waals surface area contributed by atoms with Gasteiger partial charge in [-0.3, -0.25) is 0 Å². The molecule has 0 saturated heterocycles. The van der Waals surface area contributed by atoms with Gasteiger partial charge in [-0.2, -0.15) is 0 Å². The van der Waals surface area contributed by atoms with Crippen LogP contribution in [0.2, 0.25) is 0 Å². The summed E-state index contributed by atoms with van der Waals surface area (Å²) < 4.78 is 0. The Hall–Kier alpha value is -6.12. The van der Waals surface area contributed by atoms with Crippen LogP contribution in [0, 0.1) is 0 Å². The van der Waals surface area contributed by atoms with E-state index in [1.54, 1.807) is 0 Å². The Morgan fingerprint density at radius 3 is 0.889 bits per heavy atom. The minimum absolute atomic E-state index is 0.111. The summed E-state index contributed by atoms with van der Waals surface area (Å²) in [5.41, 5.74) is 14.4. The van der Waals surface area contributed by atoms with Crippen molar-refractivity contribution >= 4 is 46.3 Å². The molecule has 2 nitrogen and oxygen atoms in total. The van der Waals surface area contributed by atoms with E-state index in [2.05, 4.69) is 245 Å². The Morgan fingerprint density at radius 1 is 0.296 bits per heavy atom. The van der Waals surface area contributed by atoms with Crippen LogP contribution in [0.25, 0.3) is 23.3 Å². The fourth-order valence-corrected chi connectivity index (χ4v) is 6.79. The maximum absolute atomic E-state index is 2.32. The van der Waals surface area contributed by atoms with Crippen molar-refractivity contribution in [1.29, 1.82) is 0 Å². The lowest BCUT2D eigenvalue weighted by Crippen LogP contribution is -2.13. The van der Waals surface area contributed by atoms with E-state index in [0.29, 0.717) is 0 Å². The van der Waals surface area contributed by atoms with E-state index in [0.717, 1.165) is 39.7 Å². The monoisotopic (exact) mass is 702 g/mol. The lowest BCUT2D eigenvalue weighted by Gasteiger charge is -2.27. The first-order valence-corrected chi connectivity index (χ1v) is 18.9. The Morgan fingerprint density at radius 2 is 0.556 bits per heavy atom. The Labute approximate surface area is 322 Å². The number of anilines is 6. The van der Waals surface area contributed by atoms with Gasteiger partial charge in [0.15, 0.2) is 0 Å². The van der Waals surface area contributed by atoms with Gasteiger partial charge < -0.3 is 9.80 Å². The number of hydrogen-bond acceptors (Lipinski definition) is 2. The molecule has 268 valence electrons. The molecule has 7 aromatic carbocycles. The first-order valence-electron chi connectivity index (χ1n) is 18.9. The zero-order chi connectivity index (χ0) is 37.7. The van der Waals surface area contributed by atoms with Gasteiger partial charge in [0.05, 0.1) is 0 Å². The highest BCUT2D eigenvalue weighted by molar-refractivity contribution is 5.80. The molecule has 0 radical (unpaired) electrons. The van der Waals surface area contributed by atoms with E-state index in [1.807, 2.05) is 0 Å². The molecule has 0 N–H and O–H groups in total. The zero-order valence-electron chi connectivity index (χ0n) is 32.4. The maximum atomic E-state index is 2.32.